The molecule has 0 aromatic heterocycles. The van der Waals surface area contributed by atoms with Gasteiger partial charge in [0, 0.05) is 13.2 Å². The molecule has 0 bridgehead atoms. The molecule has 0 aliphatic carbocycles. The molecular weight excluding hydrogens is 186 g/mol. The lowest BCUT2D eigenvalue weighted by Crippen LogP contribution is -2.13. The minimum Gasteiger partial charge on any atom is -0.393 e. The average Bonchev–Trinajstić information content (AvgIpc) is 2.55. The van der Waals surface area contributed by atoms with Gasteiger partial charge in [0.15, 0.2) is 0 Å². The summed E-state index contributed by atoms with van der Waals surface area (Å²) in [6.45, 7) is 2.41. The molecule has 3 nitrogen and oxygen atoms in total. The Hall–Kier alpha value is -0.190. The Kier molecular flexibility index (Phi) is 5.27. The fourth-order valence-electron chi connectivity index (χ4n) is 1.30. The van der Waals surface area contributed by atoms with Crippen molar-refractivity contribution in [1.29, 1.82) is 0 Å². The van der Waals surface area contributed by atoms with Gasteiger partial charge >= 0.3 is 0 Å². The topological polar surface area (TPSA) is 44.5 Å². The number of unbranched alkanes of at least 4 members (excludes halogenated alkanes) is 1. The van der Waals surface area contributed by atoms with Gasteiger partial charge < -0.3 is 15.2 Å². The third-order valence-corrected chi connectivity index (χ3v) is 2.26. The average molecular weight is 203 g/mol. The largest absolute Gasteiger partial charge is 0.393 e. The molecule has 4 heteroatoms. The Morgan fingerprint density at radius 1 is 1.54 bits per heavy atom. The Morgan fingerprint density at radius 3 is 3.00 bits per heavy atom. The van der Waals surface area contributed by atoms with Crippen LogP contribution in [0.25, 0.3) is 0 Å². The van der Waals surface area contributed by atoms with Crippen LogP contribution in [0.3, 0.4) is 0 Å². The minimum absolute atomic E-state index is 0.324. The van der Waals surface area contributed by atoms with E-state index in [4.69, 9.17) is 27.4 Å². The summed E-state index contributed by atoms with van der Waals surface area (Å²) in [4.78, 5) is 0.601. The molecule has 13 heavy (non-hydrogen) atoms. The summed E-state index contributed by atoms with van der Waals surface area (Å²) in [5, 5.41) is 0. The summed E-state index contributed by atoms with van der Waals surface area (Å²) in [5.74, 6) is 0. The van der Waals surface area contributed by atoms with Gasteiger partial charge in [-0.15, -0.1) is 0 Å². The molecule has 76 valence electrons. The van der Waals surface area contributed by atoms with E-state index in [0.29, 0.717) is 11.1 Å². The molecule has 1 atom stereocenters. The number of rotatable bonds is 6. The van der Waals surface area contributed by atoms with Gasteiger partial charge in [-0.3, -0.25) is 0 Å². The second-order valence-corrected chi connectivity index (χ2v) is 3.80. The highest BCUT2D eigenvalue weighted by molar-refractivity contribution is 7.80. The molecule has 2 N–H and O–H groups in total. The third-order valence-electron chi connectivity index (χ3n) is 2.06. The highest BCUT2D eigenvalue weighted by Crippen LogP contribution is 2.08. The Labute approximate surface area is 84.6 Å². The lowest BCUT2D eigenvalue weighted by Gasteiger charge is -2.08. The van der Waals surface area contributed by atoms with Gasteiger partial charge in [-0.1, -0.05) is 12.2 Å². The predicted octanol–water partition coefficient (Wildman–Crippen LogP) is 1.25. The monoisotopic (exact) mass is 203 g/mol. The lowest BCUT2D eigenvalue weighted by atomic mass is 10.2. The van der Waals surface area contributed by atoms with Crippen LogP contribution in [0.4, 0.5) is 0 Å². The first-order valence-corrected chi connectivity index (χ1v) is 5.17. The first-order chi connectivity index (χ1) is 6.29. The number of hydrogen-bond donors (Lipinski definition) is 1. The van der Waals surface area contributed by atoms with Crippen LogP contribution in [0.15, 0.2) is 0 Å². The molecular formula is C9H17NO2S. The van der Waals surface area contributed by atoms with Crippen LogP contribution in [0.2, 0.25) is 0 Å². The molecule has 1 fully saturated rings. The summed E-state index contributed by atoms with van der Waals surface area (Å²) in [6, 6.07) is 0. The van der Waals surface area contributed by atoms with Gasteiger partial charge in [0.2, 0.25) is 0 Å². The van der Waals surface area contributed by atoms with Gasteiger partial charge in [0.25, 0.3) is 0 Å². The molecule has 1 aliphatic heterocycles. The number of ether oxygens (including phenoxy) is 2. The zero-order chi connectivity index (χ0) is 9.52. The summed E-state index contributed by atoms with van der Waals surface area (Å²) >= 11 is 4.77. The van der Waals surface area contributed by atoms with E-state index in [2.05, 4.69) is 0 Å². The van der Waals surface area contributed by atoms with Crippen LogP contribution in [0.5, 0.6) is 0 Å². The molecule has 0 amide bonds. The molecule has 1 heterocycles. The van der Waals surface area contributed by atoms with Gasteiger partial charge in [0.1, 0.15) is 0 Å². The van der Waals surface area contributed by atoms with Crippen LogP contribution in [0, 0.1) is 0 Å². The summed E-state index contributed by atoms with van der Waals surface area (Å²) in [7, 11) is 0. The zero-order valence-electron chi connectivity index (χ0n) is 7.83. The van der Waals surface area contributed by atoms with E-state index >= 15 is 0 Å². The smallest absolute Gasteiger partial charge is 0.0830 e. The van der Waals surface area contributed by atoms with E-state index < -0.39 is 0 Å². The van der Waals surface area contributed by atoms with Crippen molar-refractivity contribution >= 4 is 17.2 Å². The summed E-state index contributed by atoms with van der Waals surface area (Å²) < 4.78 is 10.8. The van der Waals surface area contributed by atoms with Crippen LogP contribution in [0.1, 0.15) is 25.7 Å². The maximum Gasteiger partial charge on any atom is 0.0830 e. The van der Waals surface area contributed by atoms with E-state index in [1.54, 1.807) is 0 Å². The minimum atomic E-state index is 0.324. The van der Waals surface area contributed by atoms with Crippen LogP contribution in [-0.4, -0.2) is 30.9 Å². The Balaban J connectivity index is 1.86. The number of hydrogen-bond acceptors (Lipinski definition) is 3. The molecule has 1 aliphatic rings. The molecule has 0 spiro atoms. The summed E-state index contributed by atoms with van der Waals surface area (Å²) in [5.41, 5.74) is 5.37. The van der Waals surface area contributed by atoms with Crippen molar-refractivity contribution in [2.45, 2.75) is 31.8 Å². The van der Waals surface area contributed by atoms with Crippen LogP contribution >= 0.6 is 12.2 Å². The Morgan fingerprint density at radius 2 is 2.38 bits per heavy atom. The number of nitrogens with two attached hydrogens (primary N) is 1. The van der Waals surface area contributed by atoms with Crippen molar-refractivity contribution in [3.05, 3.63) is 0 Å². The van der Waals surface area contributed by atoms with Gasteiger partial charge in [0.05, 0.1) is 17.7 Å². The Bertz CT molecular complexity index is 158. The molecule has 0 radical (unpaired) electrons. The summed E-state index contributed by atoms with van der Waals surface area (Å²) in [6.07, 6.45) is 4.26. The van der Waals surface area contributed by atoms with Gasteiger partial charge in [-0.05, 0) is 25.7 Å². The maximum atomic E-state index is 5.58. The highest BCUT2D eigenvalue weighted by Gasteiger charge is 2.14. The van der Waals surface area contributed by atoms with Crippen molar-refractivity contribution in [1.82, 2.24) is 0 Å². The normalized spacial score (nSPS) is 22.0. The molecule has 0 saturated carbocycles. The van der Waals surface area contributed by atoms with Gasteiger partial charge in [-0.25, -0.2) is 0 Å². The van der Waals surface area contributed by atoms with Crippen LogP contribution in [-0.2, 0) is 9.47 Å². The molecule has 0 aromatic carbocycles. The van der Waals surface area contributed by atoms with E-state index in [9.17, 15) is 0 Å². The quantitative estimate of drug-likeness (QED) is 0.521. The van der Waals surface area contributed by atoms with Crippen molar-refractivity contribution in [2.24, 2.45) is 5.73 Å². The van der Waals surface area contributed by atoms with E-state index in [1.807, 2.05) is 0 Å². The molecule has 0 aromatic rings. The SMILES string of the molecule is NC(=S)CCCCOC1CCOC1. The number of thiocarbonyl (C=S) groups is 1. The molecule has 1 rings (SSSR count). The first kappa shape index (κ1) is 10.9. The highest BCUT2D eigenvalue weighted by atomic mass is 32.1. The predicted molar refractivity (Wildman–Crippen MR) is 55.8 cm³/mol. The van der Waals surface area contributed by atoms with Crippen molar-refractivity contribution in [3.8, 4) is 0 Å². The molecule has 1 saturated heterocycles. The van der Waals surface area contributed by atoms with Crippen molar-refractivity contribution in [2.75, 3.05) is 19.8 Å². The first-order valence-electron chi connectivity index (χ1n) is 4.76. The standard InChI is InChI=1S/C9H17NO2S/c10-9(13)3-1-2-5-12-8-4-6-11-7-8/h8H,1-7H2,(H2,10,13). The second kappa shape index (κ2) is 6.29. The lowest BCUT2D eigenvalue weighted by molar-refractivity contribution is 0.0410. The second-order valence-electron chi connectivity index (χ2n) is 3.28. The fraction of sp³-hybridized carbons (Fsp3) is 0.889. The van der Waals surface area contributed by atoms with Crippen molar-refractivity contribution in [3.63, 3.8) is 0 Å². The van der Waals surface area contributed by atoms with Crippen molar-refractivity contribution < 1.29 is 9.47 Å². The van der Waals surface area contributed by atoms with Crippen LogP contribution < -0.4 is 5.73 Å². The third kappa shape index (κ3) is 5.18. The maximum absolute atomic E-state index is 5.58. The molecule has 1 unspecified atom stereocenters. The van der Waals surface area contributed by atoms with Gasteiger partial charge in [-0.2, -0.15) is 0 Å². The van der Waals surface area contributed by atoms with E-state index in [-0.39, 0.29) is 0 Å². The zero-order valence-corrected chi connectivity index (χ0v) is 8.65. The fourth-order valence-corrected chi connectivity index (χ4v) is 1.44. The van der Waals surface area contributed by atoms with E-state index in [1.165, 1.54) is 0 Å². The van der Waals surface area contributed by atoms with E-state index in [0.717, 1.165) is 45.5 Å².